The van der Waals surface area contributed by atoms with Gasteiger partial charge in [-0.3, -0.25) is 5.26 Å². The Hall–Kier alpha value is -0.380. The standard InChI is InChI=1S/C8H16O3/c1-6(2)8(11-10)5-4-7(3)9/h7-10H,1,4-5H2,2-3H3. The van der Waals surface area contributed by atoms with Crippen molar-refractivity contribution in [2.45, 2.75) is 38.9 Å². The van der Waals surface area contributed by atoms with Gasteiger partial charge in [-0.25, -0.2) is 4.89 Å². The molecule has 0 saturated heterocycles. The van der Waals surface area contributed by atoms with Gasteiger partial charge in [0.05, 0.1) is 6.10 Å². The molecule has 0 aromatic heterocycles. The average Bonchev–Trinajstić information content (AvgIpc) is 1.87. The Balaban J connectivity index is 3.61. The van der Waals surface area contributed by atoms with Crippen molar-refractivity contribution >= 4 is 0 Å². The van der Waals surface area contributed by atoms with E-state index >= 15 is 0 Å². The highest BCUT2D eigenvalue weighted by Gasteiger charge is 2.10. The van der Waals surface area contributed by atoms with Crippen LogP contribution in [0.3, 0.4) is 0 Å². The normalized spacial score (nSPS) is 16.0. The van der Waals surface area contributed by atoms with Crippen LogP contribution in [0.5, 0.6) is 0 Å². The third-order valence-electron chi connectivity index (χ3n) is 1.52. The molecule has 0 aliphatic carbocycles. The van der Waals surface area contributed by atoms with E-state index in [0.717, 1.165) is 5.57 Å². The second-order valence-corrected chi connectivity index (χ2v) is 2.87. The molecular weight excluding hydrogens is 144 g/mol. The number of rotatable bonds is 5. The van der Waals surface area contributed by atoms with Crippen molar-refractivity contribution in [3.63, 3.8) is 0 Å². The van der Waals surface area contributed by atoms with Gasteiger partial charge in [-0.2, -0.15) is 0 Å². The van der Waals surface area contributed by atoms with E-state index in [1.807, 2.05) is 0 Å². The molecule has 0 saturated carbocycles. The highest BCUT2D eigenvalue weighted by Crippen LogP contribution is 2.10. The zero-order valence-corrected chi connectivity index (χ0v) is 7.08. The topological polar surface area (TPSA) is 49.7 Å². The predicted molar refractivity (Wildman–Crippen MR) is 43.2 cm³/mol. The van der Waals surface area contributed by atoms with Gasteiger partial charge < -0.3 is 5.11 Å². The molecular formula is C8H16O3. The van der Waals surface area contributed by atoms with Crippen LogP contribution in [-0.4, -0.2) is 22.6 Å². The van der Waals surface area contributed by atoms with Gasteiger partial charge in [0.2, 0.25) is 0 Å². The Morgan fingerprint density at radius 1 is 1.55 bits per heavy atom. The maximum atomic E-state index is 8.91. The van der Waals surface area contributed by atoms with Crippen molar-refractivity contribution in [1.29, 1.82) is 0 Å². The first-order chi connectivity index (χ1) is 5.07. The maximum absolute atomic E-state index is 8.91. The molecule has 0 aromatic rings. The van der Waals surface area contributed by atoms with E-state index < -0.39 is 0 Å². The predicted octanol–water partition coefficient (Wildman–Crippen LogP) is 1.58. The molecule has 0 spiro atoms. The van der Waals surface area contributed by atoms with Crippen LogP contribution in [0.15, 0.2) is 12.2 Å². The van der Waals surface area contributed by atoms with E-state index in [9.17, 15) is 0 Å². The third-order valence-corrected chi connectivity index (χ3v) is 1.52. The molecule has 2 unspecified atom stereocenters. The first-order valence-electron chi connectivity index (χ1n) is 3.71. The molecule has 0 aliphatic rings. The summed E-state index contributed by atoms with van der Waals surface area (Å²) in [6.45, 7) is 7.12. The van der Waals surface area contributed by atoms with Gasteiger partial charge >= 0.3 is 0 Å². The summed E-state index contributed by atoms with van der Waals surface area (Å²) in [5, 5.41) is 17.3. The minimum absolute atomic E-state index is 0.343. The van der Waals surface area contributed by atoms with Gasteiger partial charge in [-0.1, -0.05) is 6.58 Å². The SMILES string of the molecule is C=C(C)C(CCC(C)O)OO. The fourth-order valence-electron chi connectivity index (χ4n) is 0.782. The summed E-state index contributed by atoms with van der Waals surface area (Å²) in [4.78, 5) is 4.15. The zero-order valence-electron chi connectivity index (χ0n) is 7.08. The van der Waals surface area contributed by atoms with Crippen LogP contribution in [0, 0.1) is 0 Å². The van der Waals surface area contributed by atoms with E-state index in [-0.39, 0.29) is 12.2 Å². The quantitative estimate of drug-likeness (QED) is 0.364. The number of hydrogen-bond donors (Lipinski definition) is 2. The summed E-state index contributed by atoms with van der Waals surface area (Å²) in [5.41, 5.74) is 0.771. The van der Waals surface area contributed by atoms with E-state index in [0.29, 0.717) is 12.8 Å². The maximum Gasteiger partial charge on any atom is 0.113 e. The monoisotopic (exact) mass is 160 g/mol. The molecule has 3 nitrogen and oxygen atoms in total. The molecule has 0 fully saturated rings. The van der Waals surface area contributed by atoms with Crippen molar-refractivity contribution in [3.8, 4) is 0 Å². The minimum atomic E-state index is -0.355. The molecule has 0 heterocycles. The Labute approximate surface area is 67.2 Å². The Kier molecular flexibility index (Phi) is 5.11. The van der Waals surface area contributed by atoms with Gasteiger partial charge in [0.25, 0.3) is 0 Å². The van der Waals surface area contributed by atoms with Crippen LogP contribution in [-0.2, 0) is 4.89 Å². The number of aliphatic hydroxyl groups is 1. The molecule has 0 bridgehead atoms. The van der Waals surface area contributed by atoms with Crippen molar-refractivity contribution < 1.29 is 15.3 Å². The first-order valence-corrected chi connectivity index (χ1v) is 3.71. The molecule has 0 aliphatic heterocycles. The van der Waals surface area contributed by atoms with Crippen LogP contribution in [0.2, 0.25) is 0 Å². The second kappa shape index (κ2) is 5.29. The van der Waals surface area contributed by atoms with Crippen molar-refractivity contribution in [3.05, 3.63) is 12.2 Å². The molecule has 2 atom stereocenters. The molecule has 2 N–H and O–H groups in total. The van der Waals surface area contributed by atoms with Crippen molar-refractivity contribution in [2.24, 2.45) is 0 Å². The number of aliphatic hydroxyl groups excluding tert-OH is 1. The summed E-state index contributed by atoms with van der Waals surface area (Å²) in [7, 11) is 0. The Bertz CT molecular complexity index is 121. The molecule has 0 radical (unpaired) electrons. The molecule has 66 valence electrons. The lowest BCUT2D eigenvalue weighted by molar-refractivity contribution is -0.270. The summed E-state index contributed by atoms with van der Waals surface area (Å²) in [5.74, 6) is 0. The molecule has 0 aromatic carbocycles. The lowest BCUT2D eigenvalue weighted by atomic mass is 10.1. The van der Waals surface area contributed by atoms with E-state index in [4.69, 9.17) is 10.4 Å². The van der Waals surface area contributed by atoms with E-state index in [2.05, 4.69) is 11.5 Å². The summed E-state index contributed by atoms with van der Waals surface area (Å²) in [6, 6.07) is 0. The Morgan fingerprint density at radius 2 is 2.09 bits per heavy atom. The Morgan fingerprint density at radius 3 is 2.36 bits per heavy atom. The molecule has 3 heteroatoms. The minimum Gasteiger partial charge on any atom is -0.393 e. The van der Waals surface area contributed by atoms with E-state index in [1.165, 1.54) is 0 Å². The van der Waals surface area contributed by atoms with Crippen LogP contribution in [0.25, 0.3) is 0 Å². The molecule has 0 rings (SSSR count). The molecule has 11 heavy (non-hydrogen) atoms. The largest absolute Gasteiger partial charge is 0.393 e. The smallest absolute Gasteiger partial charge is 0.113 e. The van der Waals surface area contributed by atoms with Crippen LogP contribution >= 0.6 is 0 Å². The fourth-order valence-corrected chi connectivity index (χ4v) is 0.782. The first kappa shape index (κ1) is 10.6. The third kappa shape index (κ3) is 4.95. The van der Waals surface area contributed by atoms with Crippen LogP contribution in [0.1, 0.15) is 26.7 Å². The fraction of sp³-hybridized carbons (Fsp3) is 0.750. The van der Waals surface area contributed by atoms with Crippen LogP contribution in [0.4, 0.5) is 0 Å². The van der Waals surface area contributed by atoms with Crippen molar-refractivity contribution in [1.82, 2.24) is 0 Å². The van der Waals surface area contributed by atoms with Gasteiger partial charge in [0, 0.05) is 0 Å². The summed E-state index contributed by atoms with van der Waals surface area (Å²) < 4.78 is 0. The average molecular weight is 160 g/mol. The highest BCUT2D eigenvalue weighted by molar-refractivity contribution is 4.97. The number of hydrogen-bond acceptors (Lipinski definition) is 3. The van der Waals surface area contributed by atoms with Gasteiger partial charge in [-0.05, 0) is 32.3 Å². The highest BCUT2D eigenvalue weighted by atomic mass is 17.1. The van der Waals surface area contributed by atoms with Crippen LogP contribution < -0.4 is 0 Å². The van der Waals surface area contributed by atoms with Gasteiger partial charge in [-0.15, -0.1) is 0 Å². The zero-order chi connectivity index (χ0) is 8.85. The lowest BCUT2D eigenvalue weighted by Gasteiger charge is -2.13. The van der Waals surface area contributed by atoms with Gasteiger partial charge in [0.1, 0.15) is 6.10 Å². The van der Waals surface area contributed by atoms with E-state index in [1.54, 1.807) is 13.8 Å². The van der Waals surface area contributed by atoms with Crippen molar-refractivity contribution in [2.75, 3.05) is 0 Å². The summed E-state index contributed by atoms with van der Waals surface area (Å²) in [6.07, 6.45) is 0.512. The second-order valence-electron chi connectivity index (χ2n) is 2.87. The van der Waals surface area contributed by atoms with Gasteiger partial charge in [0.15, 0.2) is 0 Å². The lowest BCUT2D eigenvalue weighted by Crippen LogP contribution is -2.14. The molecule has 0 amide bonds. The summed E-state index contributed by atoms with van der Waals surface area (Å²) >= 11 is 0.